The maximum atomic E-state index is 13.2. The molecule has 0 amide bonds. The molecule has 1 atom stereocenters. The van der Waals surface area contributed by atoms with Gasteiger partial charge in [-0.25, -0.2) is 4.39 Å². The highest BCUT2D eigenvalue weighted by molar-refractivity contribution is 6.31. The summed E-state index contributed by atoms with van der Waals surface area (Å²) in [6, 6.07) is 4.61. The van der Waals surface area contributed by atoms with Gasteiger partial charge in [0.05, 0.1) is 0 Å². The van der Waals surface area contributed by atoms with Crippen LogP contribution >= 0.6 is 11.6 Å². The van der Waals surface area contributed by atoms with Gasteiger partial charge in [0, 0.05) is 10.6 Å². The van der Waals surface area contributed by atoms with E-state index in [-0.39, 0.29) is 11.4 Å². The molecule has 0 radical (unpaired) electrons. The fourth-order valence-electron chi connectivity index (χ4n) is 2.49. The van der Waals surface area contributed by atoms with Crippen LogP contribution in [0.25, 0.3) is 0 Å². The minimum atomic E-state index is -0.205. The highest BCUT2D eigenvalue weighted by Crippen LogP contribution is 2.30. The van der Waals surface area contributed by atoms with E-state index in [0.717, 1.165) is 31.4 Å². The summed E-state index contributed by atoms with van der Waals surface area (Å²) in [5.74, 6) is -0.205. The smallest absolute Gasteiger partial charge is 0.123 e. The monoisotopic (exact) mass is 241 g/mol. The molecule has 1 unspecified atom stereocenters. The second-order valence-electron chi connectivity index (χ2n) is 4.58. The van der Waals surface area contributed by atoms with Gasteiger partial charge in [0.15, 0.2) is 0 Å². The molecule has 2 rings (SSSR count). The van der Waals surface area contributed by atoms with E-state index < -0.39 is 0 Å². The zero-order chi connectivity index (χ0) is 11.6. The number of benzene rings is 1. The lowest BCUT2D eigenvalue weighted by atomic mass is 9.87. The van der Waals surface area contributed by atoms with Gasteiger partial charge in [-0.05, 0) is 56.0 Å². The summed E-state index contributed by atoms with van der Waals surface area (Å²) in [6.45, 7) is 3.23. The maximum absolute atomic E-state index is 13.2. The molecule has 1 N–H and O–H groups in total. The Labute approximate surface area is 101 Å². The Kier molecular flexibility index (Phi) is 3.50. The van der Waals surface area contributed by atoms with E-state index in [1.807, 2.05) is 0 Å². The Balaban J connectivity index is 2.21. The van der Waals surface area contributed by atoms with Gasteiger partial charge in [-0.2, -0.15) is 0 Å². The van der Waals surface area contributed by atoms with Crippen molar-refractivity contribution < 1.29 is 4.39 Å². The fourth-order valence-corrected chi connectivity index (χ4v) is 2.67. The lowest BCUT2D eigenvalue weighted by Gasteiger charge is -2.28. The lowest BCUT2D eigenvalue weighted by molar-refractivity contribution is 0.359. The van der Waals surface area contributed by atoms with Crippen LogP contribution in [0.3, 0.4) is 0 Å². The molecule has 1 nitrogen and oxygen atoms in total. The SMILES string of the molecule is CCC1(Cc2cc(F)ccc2Cl)CCCN1. The molecule has 88 valence electrons. The highest BCUT2D eigenvalue weighted by atomic mass is 35.5. The third kappa shape index (κ3) is 2.38. The van der Waals surface area contributed by atoms with E-state index in [9.17, 15) is 4.39 Å². The number of halogens is 2. The van der Waals surface area contributed by atoms with Gasteiger partial charge >= 0.3 is 0 Å². The molecule has 16 heavy (non-hydrogen) atoms. The summed E-state index contributed by atoms with van der Waals surface area (Å²) >= 11 is 6.10. The summed E-state index contributed by atoms with van der Waals surface area (Å²) < 4.78 is 13.2. The van der Waals surface area contributed by atoms with Crippen molar-refractivity contribution >= 4 is 11.6 Å². The number of nitrogens with one attached hydrogen (secondary N) is 1. The quantitative estimate of drug-likeness (QED) is 0.854. The second kappa shape index (κ2) is 4.72. The predicted octanol–water partition coefficient (Wildman–Crippen LogP) is 3.55. The van der Waals surface area contributed by atoms with Crippen molar-refractivity contribution in [3.63, 3.8) is 0 Å². The zero-order valence-electron chi connectivity index (χ0n) is 9.52. The Morgan fingerprint density at radius 2 is 2.31 bits per heavy atom. The van der Waals surface area contributed by atoms with E-state index in [2.05, 4.69) is 12.2 Å². The van der Waals surface area contributed by atoms with Gasteiger partial charge in [-0.1, -0.05) is 18.5 Å². The molecule has 0 bridgehead atoms. The van der Waals surface area contributed by atoms with Crippen molar-refractivity contribution in [2.45, 2.75) is 38.1 Å². The van der Waals surface area contributed by atoms with Gasteiger partial charge in [-0.3, -0.25) is 0 Å². The van der Waals surface area contributed by atoms with E-state index in [1.54, 1.807) is 12.1 Å². The van der Waals surface area contributed by atoms with Crippen LogP contribution in [0.2, 0.25) is 5.02 Å². The van der Waals surface area contributed by atoms with Crippen LogP contribution in [-0.4, -0.2) is 12.1 Å². The van der Waals surface area contributed by atoms with Crippen LogP contribution in [0.5, 0.6) is 0 Å². The first kappa shape index (κ1) is 11.9. The second-order valence-corrected chi connectivity index (χ2v) is 4.98. The standard InChI is InChI=1S/C13H17ClFN/c1-2-13(6-3-7-16-13)9-10-8-11(15)4-5-12(10)14/h4-5,8,16H,2-3,6-7,9H2,1H3. The Morgan fingerprint density at radius 1 is 1.50 bits per heavy atom. The minimum absolute atomic E-state index is 0.122. The first-order chi connectivity index (χ1) is 7.65. The summed E-state index contributed by atoms with van der Waals surface area (Å²) in [5, 5.41) is 4.20. The molecular formula is C13H17ClFN. The van der Waals surface area contributed by atoms with Crippen molar-refractivity contribution in [3.05, 3.63) is 34.6 Å². The van der Waals surface area contributed by atoms with Gasteiger partial charge in [0.1, 0.15) is 5.82 Å². The lowest BCUT2D eigenvalue weighted by Crippen LogP contribution is -2.41. The maximum Gasteiger partial charge on any atom is 0.123 e. The predicted molar refractivity (Wildman–Crippen MR) is 65.4 cm³/mol. The van der Waals surface area contributed by atoms with Crippen molar-refractivity contribution in [1.29, 1.82) is 0 Å². The largest absolute Gasteiger partial charge is 0.311 e. The third-order valence-corrected chi connectivity index (χ3v) is 3.91. The zero-order valence-corrected chi connectivity index (χ0v) is 10.3. The Bertz CT molecular complexity index is 372. The van der Waals surface area contributed by atoms with Crippen LogP contribution < -0.4 is 5.32 Å². The molecule has 1 heterocycles. The highest BCUT2D eigenvalue weighted by Gasteiger charge is 2.32. The summed E-state index contributed by atoms with van der Waals surface area (Å²) in [6.07, 6.45) is 4.22. The molecule has 1 saturated heterocycles. The van der Waals surface area contributed by atoms with Crippen LogP contribution in [0, 0.1) is 5.82 Å². The van der Waals surface area contributed by atoms with E-state index in [4.69, 9.17) is 11.6 Å². The molecule has 1 aliphatic heterocycles. The van der Waals surface area contributed by atoms with Gasteiger partial charge in [-0.15, -0.1) is 0 Å². The average molecular weight is 242 g/mol. The van der Waals surface area contributed by atoms with Crippen molar-refractivity contribution in [3.8, 4) is 0 Å². The van der Waals surface area contributed by atoms with Crippen LogP contribution in [0.4, 0.5) is 4.39 Å². The molecule has 0 spiro atoms. The molecule has 0 aromatic heterocycles. The summed E-state index contributed by atoms with van der Waals surface area (Å²) in [5.41, 5.74) is 1.04. The fraction of sp³-hybridized carbons (Fsp3) is 0.538. The van der Waals surface area contributed by atoms with Crippen molar-refractivity contribution in [2.75, 3.05) is 6.54 Å². The molecule has 1 aliphatic rings. The van der Waals surface area contributed by atoms with E-state index in [0.29, 0.717) is 5.02 Å². The van der Waals surface area contributed by atoms with E-state index in [1.165, 1.54) is 12.5 Å². The Hall–Kier alpha value is -0.600. The molecule has 1 fully saturated rings. The number of rotatable bonds is 3. The van der Waals surface area contributed by atoms with Crippen LogP contribution in [-0.2, 0) is 6.42 Å². The number of hydrogen-bond acceptors (Lipinski definition) is 1. The third-order valence-electron chi connectivity index (χ3n) is 3.55. The summed E-state index contributed by atoms with van der Waals surface area (Å²) in [7, 11) is 0. The van der Waals surface area contributed by atoms with Gasteiger partial charge in [0.2, 0.25) is 0 Å². The first-order valence-corrected chi connectivity index (χ1v) is 6.22. The molecule has 1 aromatic carbocycles. The molecule has 3 heteroatoms. The Morgan fingerprint density at radius 3 is 2.94 bits per heavy atom. The molecule has 0 aliphatic carbocycles. The normalized spacial score (nSPS) is 24.9. The van der Waals surface area contributed by atoms with E-state index >= 15 is 0 Å². The molecular weight excluding hydrogens is 225 g/mol. The van der Waals surface area contributed by atoms with Crippen molar-refractivity contribution in [1.82, 2.24) is 5.32 Å². The number of hydrogen-bond donors (Lipinski definition) is 1. The van der Waals surface area contributed by atoms with Crippen LogP contribution in [0.15, 0.2) is 18.2 Å². The van der Waals surface area contributed by atoms with Gasteiger partial charge in [0.25, 0.3) is 0 Å². The van der Waals surface area contributed by atoms with Gasteiger partial charge < -0.3 is 5.32 Å². The first-order valence-electron chi connectivity index (χ1n) is 5.84. The molecule has 1 aromatic rings. The minimum Gasteiger partial charge on any atom is -0.311 e. The molecule has 0 saturated carbocycles. The average Bonchev–Trinajstić information content (AvgIpc) is 2.73. The topological polar surface area (TPSA) is 12.0 Å². The summed E-state index contributed by atoms with van der Waals surface area (Å²) in [4.78, 5) is 0. The van der Waals surface area contributed by atoms with Crippen LogP contribution in [0.1, 0.15) is 31.7 Å². The van der Waals surface area contributed by atoms with Crippen molar-refractivity contribution in [2.24, 2.45) is 0 Å².